The number of aromatic nitrogens is 3. The zero-order valence-corrected chi connectivity index (χ0v) is 11.1. The molecular weight excluding hydrogens is 232 g/mol. The lowest BCUT2D eigenvalue weighted by molar-refractivity contribution is 0.0262. The quantitative estimate of drug-likeness (QED) is 0.876. The Morgan fingerprint density at radius 2 is 2.33 bits per heavy atom. The molecule has 1 unspecified atom stereocenters. The van der Waals surface area contributed by atoms with E-state index < -0.39 is 0 Å². The molecule has 0 spiro atoms. The molecule has 1 aromatic heterocycles. The fraction of sp³-hybridized carbons (Fsp3) is 0.750. The fourth-order valence-electron chi connectivity index (χ4n) is 2.08. The van der Waals surface area contributed by atoms with Gasteiger partial charge in [-0.2, -0.15) is 0 Å². The highest BCUT2D eigenvalue weighted by molar-refractivity contribution is 5.90. The van der Waals surface area contributed by atoms with E-state index in [0.717, 1.165) is 25.2 Å². The van der Waals surface area contributed by atoms with Gasteiger partial charge in [0.15, 0.2) is 0 Å². The van der Waals surface area contributed by atoms with Crippen molar-refractivity contribution in [3.8, 4) is 0 Å². The number of rotatable bonds is 3. The summed E-state index contributed by atoms with van der Waals surface area (Å²) < 4.78 is 5.31. The first kappa shape index (κ1) is 13.0. The van der Waals surface area contributed by atoms with E-state index in [2.05, 4.69) is 15.2 Å². The van der Waals surface area contributed by atoms with Gasteiger partial charge in [-0.3, -0.25) is 9.89 Å². The second kappa shape index (κ2) is 5.48. The Bertz CT molecular complexity index is 416. The predicted molar refractivity (Wildman–Crippen MR) is 66.4 cm³/mol. The van der Waals surface area contributed by atoms with E-state index in [1.54, 1.807) is 12.0 Å². The molecule has 1 aliphatic heterocycles. The summed E-state index contributed by atoms with van der Waals surface area (Å²) >= 11 is 0. The zero-order valence-electron chi connectivity index (χ0n) is 11.1. The van der Waals surface area contributed by atoms with Crippen LogP contribution in [0.15, 0.2) is 0 Å². The van der Waals surface area contributed by atoms with Crippen molar-refractivity contribution in [3.05, 3.63) is 11.6 Å². The number of piperidine rings is 1. The molecule has 1 aromatic rings. The fourth-order valence-corrected chi connectivity index (χ4v) is 2.08. The van der Waals surface area contributed by atoms with Crippen LogP contribution in [0.2, 0.25) is 0 Å². The van der Waals surface area contributed by atoms with Crippen LogP contribution in [0.1, 0.15) is 49.1 Å². The number of amides is 1. The van der Waals surface area contributed by atoms with Gasteiger partial charge in [0, 0.05) is 26.1 Å². The number of nitrogens with one attached hydrogen (secondary N) is 1. The number of carbonyl (C=O) groups excluding carboxylic acids is 1. The third-order valence-electron chi connectivity index (χ3n) is 3.24. The zero-order chi connectivity index (χ0) is 13.1. The maximum atomic E-state index is 12.2. The highest BCUT2D eigenvalue weighted by Gasteiger charge is 2.26. The van der Waals surface area contributed by atoms with E-state index >= 15 is 0 Å². The maximum absolute atomic E-state index is 12.2. The topological polar surface area (TPSA) is 71.1 Å². The minimum absolute atomic E-state index is 0.111. The van der Waals surface area contributed by atoms with E-state index in [9.17, 15) is 4.79 Å². The van der Waals surface area contributed by atoms with E-state index in [1.165, 1.54) is 0 Å². The monoisotopic (exact) mass is 252 g/mol. The Balaban J connectivity index is 2.05. The van der Waals surface area contributed by atoms with Gasteiger partial charge in [0.05, 0.1) is 6.10 Å². The van der Waals surface area contributed by atoms with Crippen LogP contribution in [0.25, 0.3) is 0 Å². The number of nitrogens with zero attached hydrogens (tertiary/aromatic N) is 3. The molecule has 1 N–H and O–H groups in total. The molecule has 0 aromatic carbocycles. The van der Waals surface area contributed by atoms with Gasteiger partial charge in [-0.05, 0) is 12.8 Å². The average Bonchev–Trinajstić information content (AvgIpc) is 2.87. The van der Waals surface area contributed by atoms with Crippen LogP contribution >= 0.6 is 0 Å². The standard InChI is InChI=1S/C12H20N4O2/c1-8(2)10-13-11(15-14-10)12(17)16-6-4-5-9(7-16)18-3/h8-9H,4-7H2,1-3H3,(H,13,14,15). The van der Waals surface area contributed by atoms with Gasteiger partial charge < -0.3 is 9.64 Å². The number of methoxy groups -OCH3 is 1. The van der Waals surface area contributed by atoms with Crippen molar-refractivity contribution < 1.29 is 9.53 Å². The Labute approximate surface area is 107 Å². The molecular formula is C12H20N4O2. The molecule has 2 rings (SSSR count). The minimum Gasteiger partial charge on any atom is -0.380 e. The lowest BCUT2D eigenvalue weighted by Gasteiger charge is -2.31. The average molecular weight is 252 g/mol. The molecule has 100 valence electrons. The molecule has 0 saturated carbocycles. The van der Waals surface area contributed by atoms with Crippen molar-refractivity contribution in [1.82, 2.24) is 20.1 Å². The van der Waals surface area contributed by atoms with Crippen molar-refractivity contribution >= 4 is 5.91 Å². The number of H-pyrrole nitrogens is 1. The first-order valence-electron chi connectivity index (χ1n) is 6.36. The molecule has 1 aliphatic rings. The van der Waals surface area contributed by atoms with Crippen molar-refractivity contribution in [2.75, 3.05) is 20.2 Å². The number of hydrogen-bond acceptors (Lipinski definition) is 4. The van der Waals surface area contributed by atoms with Crippen molar-refractivity contribution in [3.63, 3.8) is 0 Å². The largest absolute Gasteiger partial charge is 0.380 e. The number of likely N-dealkylation sites (tertiary alicyclic amines) is 1. The summed E-state index contributed by atoms with van der Waals surface area (Å²) in [5.41, 5.74) is 0. The van der Waals surface area contributed by atoms with Gasteiger partial charge >= 0.3 is 0 Å². The number of hydrogen-bond donors (Lipinski definition) is 1. The summed E-state index contributed by atoms with van der Waals surface area (Å²) in [7, 11) is 1.68. The third kappa shape index (κ3) is 2.69. The smallest absolute Gasteiger partial charge is 0.293 e. The second-order valence-corrected chi connectivity index (χ2v) is 4.95. The van der Waals surface area contributed by atoms with Gasteiger partial charge in [-0.15, -0.1) is 5.10 Å². The maximum Gasteiger partial charge on any atom is 0.293 e. The first-order valence-corrected chi connectivity index (χ1v) is 6.36. The van der Waals surface area contributed by atoms with Crippen LogP contribution in [0.3, 0.4) is 0 Å². The lowest BCUT2D eigenvalue weighted by Crippen LogP contribution is -2.43. The van der Waals surface area contributed by atoms with Crippen molar-refractivity contribution in [1.29, 1.82) is 0 Å². The Kier molecular flexibility index (Phi) is 3.96. The van der Waals surface area contributed by atoms with Crippen LogP contribution < -0.4 is 0 Å². The highest BCUT2D eigenvalue weighted by atomic mass is 16.5. The van der Waals surface area contributed by atoms with E-state index in [4.69, 9.17) is 4.74 Å². The molecule has 0 aliphatic carbocycles. The molecule has 1 amide bonds. The van der Waals surface area contributed by atoms with Gasteiger partial charge in [0.2, 0.25) is 5.82 Å². The first-order chi connectivity index (χ1) is 8.61. The van der Waals surface area contributed by atoms with Crippen molar-refractivity contribution in [2.24, 2.45) is 0 Å². The molecule has 0 radical (unpaired) electrons. The minimum atomic E-state index is -0.111. The third-order valence-corrected chi connectivity index (χ3v) is 3.24. The summed E-state index contributed by atoms with van der Waals surface area (Å²) in [6.07, 6.45) is 2.10. The van der Waals surface area contributed by atoms with Crippen molar-refractivity contribution in [2.45, 2.75) is 38.7 Å². The van der Waals surface area contributed by atoms with Crippen LogP contribution in [0.5, 0.6) is 0 Å². The molecule has 1 atom stereocenters. The number of ether oxygens (including phenoxy) is 1. The predicted octanol–water partition coefficient (Wildman–Crippen LogP) is 1.18. The Morgan fingerprint density at radius 1 is 1.56 bits per heavy atom. The molecule has 0 bridgehead atoms. The summed E-state index contributed by atoms with van der Waals surface area (Å²) in [5.74, 6) is 1.14. The van der Waals surface area contributed by atoms with Gasteiger partial charge in [0.1, 0.15) is 5.82 Å². The van der Waals surface area contributed by atoms with Crippen LogP contribution in [-0.4, -0.2) is 52.3 Å². The molecule has 18 heavy (non-hydrogen) atoms. The van der Waals surface area contributed by atoms with Gasteiger partial charge in [-0.1, -0.05) is 13.8 Å². The van der Waals surface area contributed by atoms with E-state index in [1.807, 2.05) is 13.8 Å². The Hall–Kier alpha value is -1.43. The highest BCUT2D eigenvalue weighted by Crippen LogP contribution is 2.15. The summed E-state index contributed by atoms with van der Waals surface area (Å²) in [5, 5.41) is 6.81. The van der Waals surface area contributed by atoms with E-state index in [-0.39, 0.29) is 23.8 Å². The lowest BCUT2D eigenvalue weighted by atomic mass is 10.1. The van der Waals surface area contributed by atoms with Crippen LogP contribution in [-0.2, 0) is 4.74 Å². The molecule has 2 heterocycles. The van der Waals surface area contributed by atoms with Gasteiger partial charge in [-0.25, -0.2) is 4.98 Å². The summed E-state index contributed by atoms with van der Waals surface area (Å²) in [6.45, 7) is 5.40. The number of aromatic amines is 1. The number of carbonyl (C=O) groups is 1. The van der Waals surface area contributed by atoms with Gasteiger partial charge in [0.25, 0.3) is 5.91 Å². The summed E-state index contributed by atoms with van der Waals surface area (Å²) in [4.78, 5) is 18.2. The summed E-state index contributed by atoms with van der Waals surface area (Å²) in [6, 6.07) is 0. The Morgan fingerprint density at radius 3 is 2.94 bits per heavy atom. The SMILES string of the molecule is COC1CCCN(C(=O)c2n[nH]c(C(C)C)n2)C1. The molecule has 6 heteroatoms. The van der Waals surface area contributed by atoms with Crippen LogP contribution in [0, 0.1) is 0 Å². The second-order valence-electron chi connectivity index (χ2n) is 4.95. The normalized spacial score (nSPS) is 20.4. The molecule has 6 nitrogen and oxygen atoms in total. The molecule has 1 fully saturated rings. The molecule has 1 saturated heterocycles. The van der Waals surface area contributed by atoms with E-state index in [0.29, 0.717) is 6.54 Å². The van der Waals surface area contributed by atoms with Crippen LogP contribution in [0.4, 0.5) is 0 Å².